The molecule has 0 saturated heterocycles. The largest absolute Gasteiger partial charge is 0.384 e. The van der Waals surface area contributed by atoms with Crippen LogP contribution in [0.5, 0.6) is 0 Å². The molecule has 1 atom stereocenters. The lowest BCUT2D eigenvalue weighted by molar-refractivity contribution is -0.117. The number of primary amides is 1. The second kappa shape index (κ2) is 6.39. The Balaban J connectivity index is 2.91. The monoisotopic (exact) mass is 262 g/mol. The Bertz CT molecular complexity index is 409. The maximum absolute atomic E-state index is 12.9. The maximum atomic E-state index is 12.9. The van der Waals surface area contributed by atoms with Crippen LogP contribution in [-0.2, 0) is 22.5 Å². The van der Waals surface area contributed by atoms with Crippen LogP contribution in [0.4, 0.5) is 8.78 Å². The Labute approximate surface area is 103 Å². The van der Waals surface area contributed by atoms with Gasteiger partial charge in [-0.15, -0.1) is 5.10 Å². The summed E-state index contributed by atoms with van der Waals surface area (Å²) in [4.78, 5) is 10.8. The summed E-state index contributed by atoms with van der Waals surface area (Å²) in [6, 6.07) is 0. The van der Waals surface area contributed by atoms with E-state index in [-0.39, 0.29) is 30.3 Å². The fourth-order valence-electron chi connectivity index (χ4n) is 1.65. The van der Waals surface area contributed by atoms with Gasteiger partial charge in [0.05, 0.1) is 13.0 Å². The minimum absolute atomic E-state index is 0.00984. The lowest BCUT2D eigenvalue weighted by Gasteiger charge is -2.12. The molecule has 0 radical (unpaired) electrons. The number of ether oxygens (including phenoxy) is 1. The summed E-state index contributed by atoms with van der Waals surface area (Å²) >= 11 is 0. The number of hydrogen-bond acceptors (Lipinski definition) is 4. The van der Waals surface area contributed by atoms with Crippen molar-refractivity contribution < 1.29 is 18.3 Å². The topological polar surface area (TPSA) is 83.0 Å². The van der Waals surface area contributed by atoms with Crippen molar-refractivity contribution in [2.45, 2.75) is 26.3 Å². The normalized spacial score (nSPS) is 12.9. The number of nitrogens with two attached hydrogens (primary N) is 1. The van der Waals surface area contributed by atoms with Crippen LogP contribution < -0.4 is 5.73 Å². The minimum Gasteiger partial charge on any atom is -0.384 e. The molecule has 1 heterocycles. The van der Waals surface area contributed by atoms with Gasteiger partial charge < -0.3 is 10.5 Å². The SMILES string of the molecule is COCC(C)Cn1nnc(CC(N)=O)c1C(F)F. The Morgan fingerprint density at radius 1 is 1.56 bits per heavy atom. The van der Waals surface area contributed by atoms with Crippen molar-refractivity contribution in [2.75, 3.05) is 13.7 Å². The molecule has 0 spiro atoms. The van der Waals surface area contributed by atoms with Crippen molar-refractivity contribution in [3.63, 3.8) is 0 Å². The van der Waals surface area contributed by atoms with E-state index < -0.39 is 12.3 Å². The Kier molecular flexibility index (Phi) is 5.14. The van der Waals surface area contributed by atoms with Crippen LogP contribution in [0.15, 0.2) is 0 Å². The van der Waals surface area contributed by atoms with Gasteiger partial charge in [0, 0.05) is 13.7 Å². The first-order valence-electron chi connectivity index (χ1n) is 5.43. The van der Waals surface area contributed by atoms with E-state index >= 15 is 0 Å². The van der Waals surface area contributed by atoms with E-state index in [2.05, 4.69) is 10.3 Å². The van der Waals surface area contributed by atoms with Gasteiger partial charge in [-0.1, -0.05) is 12.1 Å². The van der Waals surface area contributed by atoms with E-state index in [0.717, 1.165) is 4.68 Å². The van der Waals surface area contributed by atoms with Crippen molar-refractivity contribution >= 4 is 5.91 Å². The van der Waals surface area contributed by atoms with Gasteiger partial charge in [0.25, 0.3) is 6.43 Å². The number of amides is 1. The van der Waals surface area contributed by atoms with Gasteiger partial charge in [-0.2, -0.15) is 0 Å². The number of rotatable bonds is 7. The lowest BCUT2D eigenvalue weighted by Crippen LogP contribution is -2.18. The summed E-state index contributed by atoms with van der Waals surface area (Å²) in [5.74, 6) is -0.704. The van der Waals surface area contributed by atoms with Crippen molar-refractivity contribution in [1.29, 1.82) is 0 Å². The van der Waals surface area contributed by atoms with Gasteiger partial charge in [-0.3, -0.25) is 4.79 Å². The number of alkyl halides is 2. The molecule has 6 nitrogen and oxygen atoms in total. The molecule has 1 aromatic heterocycles. The number of carbonyl (C=O) groups excluding carboxylic acids is 1. The van der Waals surface area contributed by atoms with Gasteiger partial charge in [0.2, 0.25) is 5.91 Å². The molecule has 0 fully saturated rings. The molecule has 8 heteroatoms. The molecule has 102 valence electrons. The number of aromatic nitrogens is 3. The molecule has 0 aliphatic carbocycles. The van der Waals surface area contributed by atoms with Gasteiger partial charge in [0.1, 0.15) is 11.4 Å². The van der Waals surface area contributed by atoms with Crippen LogP contribution >= 0.6 is 0 Å². The molecular weight excluding hydrogens is 246 g/mol. The number of carbonyl (C=O) groups is 1. The van der Waals surface area contributed by atoms with Gasteiger partial charge >= 0.3 is 0 Å². The van der Waals surface area contributed by atoms with Crippen LogP contribution in [0.25, 0.3) is 0 Å². The van der Waals surface area contributed by atoms with Crippen molar-refractivity contribution in [1.82, 2.24) is 15.0 Å². The summed E-state index contributed by atoms with van der Waals surface area (Å²) in [6.07, 6.45) is -3.08. The molecule has 0 aromatic carbocycles. The predicted molar refractivity (Wildman–Crippen MR) is 58.9 cm³/mol. The number of nitrogens with zero attached hydrogens (tertiary/aromatic N) is 3. The second-order valence-electron chi connectivity index (χ2n) is 4.11. The Hall–Kier alpha value is -1.57. The molecular formula is C10H16F2N4O2. The van der Waals surface area contributed by atoms with Crippen molar-refractivity contribution in [2.24, 2.45) is 11.7 Å². The second-order valence-corrected chi connectivity index (χ2v) is 4.11. The van der Waals surface area contributed by atoms with E-state index in [1.807, 2.05) is 6.92 Å². The minimum atomic E-state index is -2.75. The Morgan fingerprint density at radius 3 is 2.72 bits per heavy atom. The highest BCUT2D eigenvalue weighted by molar-refractivity contribution is 5.76. The third-order valence-corrected chi connectivity index (χ3v) is 2.33. The van der Waals surface area contributed by atoms with E-state index in [1.165, 1.54) is 7.11 Å². The highest BCUT2D eigenvalue weighted by atomic mass is 19.3. The standard InChI is InChI=1S/C10H16F2N4O2/c1-6(5-18-2)4-16-9(10(11)12)7(14-15-16)3-8(13)17/h6,10H,3-5H2,1-2H3,(H2,13,17). The molecule has 2 N–H and O–H groups in total. The van der Waals surface area contributed by atoms with E-state index in [0.29, 0.717) is 6.61 Å². The summed E-state index contributed by atoms with van der Waals surface area (Å²) in [5.41, 5.74) is 4.55. The Morgan fingerprint density at radius 2 is 2.22 bits per heavy atom. The quantitative estimate of drug-likeness (QED) is 0.776. The average molecular weight is 262 g/mol. The zero-order chi connectivity index (χ0) is 13.7. The molecule has 1 rings (SSSR count). The van der Waals surface area contributed by atoms with Crippen LogP contribution in [0.3, 0.4) is 0 Å². The molecule has 1 unspecified atom stereocenters. The first-order valence-corrected chi connectivity index (χ1v) is 5.43. The highest BCUT2D eigenvalue weighted by Gasteiger charge is 2.23. The third-order valence-electron chi connectivity index (χ3n) is 2.33. The van der Waals surface area contributed by atoms with Crippen LogP contribution in [0, 0.1) is 5.92 Å². The van der Waals surface area contributed by atoms with Crippen molar-refractivity contribution in [3.8, 4) is 0 Å². The molecule has 0 bridgehead atoms. The summed E-state index contributed by atoms with van der Waals surface area (Å²) in [6.45, 7) is 2.52. The average Bonchev–Trinajstić information content (AvgIpc) is 2.60. The molecule has 1 aromatic rings. The first-order chi connectivity index (χ1) is 8.45. The van der Waals surface area contributed by atoms with Gasteiger partial charge in [0.15, 0.2) is 0 Å². The van der Waals surface area contributed by atoms with E-state index in [4.69, 9.17) is 10.5 Å². The summed E-state index contributed by atoms with van der Waals surface area (Å²) in [7, 11) is 1.53. The zero-order valence-corrected chi connectivity index (χ0v) is 10.3. The molecule has 0 saturated carbocycles. The number of halogens is 2. The van der Waals surface area contributed by atoms with E-state index in [9.17, 15) is 13.6 Å². The van der Waals surface area contributed by atoms with Gasteiger partial charge in [-0.05, 0) is 5.92 Å². The van der Waals surface area contributed by atoms with Gasteiger partial charge in [-0.25, -0.2) is 13.5 Å². The van der Waals surface area contributed by atoms with Crippen LogP contribution in [0.2, 0.25) is 0 Å². The number of hydrogen-bond donors (Lipinski definition) is 1. The fourth-order valence-corrected chi connectivity index (χ4v) is 1.65. The summed E-state index contributed by atoms with van der Waals surface area (Å²) in [5, 5.41) is 7.22. The lowest BCUT2D eigenvalue weighted by atomic mass is 10.2. The van der Waals surface area contributed by atoms with E-state index in [1.54, 1.807) is 0 Å². The fraction of sp³-hybridized carbons (Fsp3) is 0.700. The molecule has 0 aliphatic heterocycles. The van der Waals surface area contributed by atoms with Crippen molar-refractivity contribution in [3.05, 3.63) is 11.4 Å². The smallest absolute Gasteiger partial charge is 0.281 e. The number of methoxy groups -OCH3 is 1. The molecule has 18 heavy (non-hydrogen) atoms. The third kappa shape index (κ3) is 3.73. The van der Waals surface area contributed by atoms with Crippen LogP contribution in [0.1, 0.15) is 24.7 Å². The van der Waals surface area contributed by atoms with Crippen LogP contribution in [-0.4, -0.2) is 34.6 Å². The first kappa shape index (κ1) is 14.5. The zero-order valence-electron chi connectivity index (χ0n) is 10.3. The summed E-state index contributed by atoms with van der Waals surface area (Å²) < 4.78 is 31.9. The maximum Gasteiger partial charge on any atom is 0.281 e. The molecule has 1 amide bonds. The predicted octanol–water partition coefficient (Wildman–Crippen LogP) is 0.526. The molecule has 0 aliphatic rings. The highest BCUT2D eigenvalue weighted by Crippen LogP contribution is 2.22.